The highest BCUT2D eigenvalue weighted by atomic mass is 16.6. The van der Waals surface area contributed by atoms with E-state index in [-0.39, 0.29) is 31.1 Å². The molecule has 0 aliphatic carbocycles. The first kappa shape index (κ1) is 67.6. The summed E-state index contributed by atoms with van der Waals surface area (Å²) < 4.78 is 16.9. The quantitative estimate of drug-likeness (QED) is 0.0199. The monoisotopic (exact) mass is 989 g/mol. The zero-order valence-electron chi connectivity index (χ0n) is 46.7. The highest BCUT2D eigenvalue weighted by Crippen LogP contribution is 2.15. The van der Waals surface area contributed by atoms with Crippen LogP contribution in [0.5, 0.6) is 0 Å². The Kier molecular flexibility index (Phi) is 56.3. The molecule has 1 atom stereocenters. The van der Waals surface area contributed by atoms with Crippen molar-refractivity contribution in [3.8, 4) is 0 Å². The Balaban J connectivity index is 4.44. The second-order valence-electron chi connectivity index (χ2n) is 20.0. The van der Waals surface area contributed by atoms with Crippen molar-refractivity contribution in [1.82, 2.24) is 0 Å². The standard InChI is InChI=1S/C65H112O6/c1-4-7-10-13-16-19-22-25-28-31-33-35-37-40-43-46-49-52-55-58-64(67)70-61-62(60-69-63(66)57-54-51-48-45-42-39-36-30-27-24-21-18-15-12-9-6-3)71-65(68)59-56-53-50-47-44-41-38-34-32-29-26-23-20-17-14-11-8-5-2/h16-17,19-20,22-23,25-26,29-30,32,34,36,38,62H,4-15,18,21,24,27-28,31,33,35,37,39-61H2,1-3H3/b19-16-,20-17-,25-22-,26-23-,32-29-,36-30-,38-34-. The molecule has 0 aromatic heterocycles. The first-order valence-corrected chi connectivity index (χ1v) is 30.2. The van der Waals surface area contributed by atoms with E-state index in [1.807, 2.05) is 0 Å². The van der Waals surface area contributed by atoms with Gasteiger partial charge >= 0.3 is 17.9 Å². The molecular formula is C65H112O6. The van der Waals surface area contributed by atoms with Gasteiger partial charge in [-0.05, 0) is 96.3 Å². The van der Waals surface area contributed by atoms with Crippen molar-refractivity contribution in [1.29, 1.82) is 0 Å². The lowest BCUT2D eigenvalue weighted by Crippen LogP contribution is -2.30. The third-order valence-corrected chi connectivity index (χ3v) is 13.0. The van der Waals surface area contributed by atoms with E-state index in [0.29, 0.717) is 19.3 Å². The second-order valence-corrected chi connectivity index (χ2v) is 20.0. The zero-order valence-corrected chi connectivity index (χ0v) is 46.7. The average Bonchev–Trinajstić information content (AvgIpc) is 3.37. The van der Waals surface area contributed by atoms with Gasteiger partial charge in [-0.15, -0.1) is 0 Å². The number of hydrogen-bond donors (Lipinski definition) is 0. The van der Waals surface area contributed by atoms with E-state index in [1.54, 1.807) is 0 Å². The van der Waals surface area contributed by atoms with Crippen molar-refractivity contribution in [2.24, 2.45) is 0 Å². The smallest absolute Gasteiger partial charge is 0.306 e. The van der Waals surface area contributed by atoms with Gasteiger partial charge in [-0.2, -0.15) is 0 Å². The molecule has 6 heteroatoms. The fourth-order valence-electron chi connectivity index (χ4n) is 8.38. The Morgan fingerprint density at radius 1 is 0.282 bits per heavy atom. The van der Waals surface area contributed by atoms with Crippen molar-refractivity contribution in [3.63, 3.8) is 0 Å². The summed E-state index contributed by atoms with van der Waals surface area (Å²) >= 11 is 0. The lowest BCUT2D eigenvalue weighted by molar-refractivity contribution is -0.167. The third-order valence-electron chi connectivity index (χ3n) is 13.0. The number of rotatable bonds is 54. The van der Waals surface area contributed by atoms with Crippen molar-refractivity contribution in [2.75, 3.05) is 13.2 Å². The van der Waals surface area contributed by atoms with Crippen LogP contribution in [-0.2, 0) is 28.6 Å². The number of allylic oxidation sites excluding steroid dienone is 14. The van der Waals surface area contributed by atoms with Crippen LogP contribution < -0.4 is 0 Å². The van der Waals surface area contributed by atoms with Gasteiger partial charge in [-0.3, -0.25) is 14.4 Å². The van der Waals surface area contributed by atoms with Crippen molar-refractivity contribution in [3.05, 3.63) is 85.1 Å². The Morgan fingerprint density at radius 3 is 0.873 bits per heavy atom. The van der Waals surface area contributed by atoms with Crippen LogP contribution in [0.15, 0.2) is 85.1 Å². The summed E-state index contributed by atoms with van der Waals surface area (Å²) in [5.74, 6) is -0.916. The predicted octanol–water partition coefficient (Wildman–Crippen LogP) is 20.3. The number of carbonyl (C=O) groups is 3. The molecule has 0 saturated heterocycles. The maximum Gasteiger partial charge on any atom is 0.306 e. The minimum absolute atomic E-state index is 0.0903. The highest BCUT2D eigenvalue weighted by Gasteiger charge is 2.19. The van der Waals surface area contributed by atoms with E-state index in [4.69, 9.17) is 14.2 Å². The molecule has 0 aromatic rings. The molecule has 0 radical (unpaired) electrons. The number of unbranched alkanes of at least 4 members (excludes halogenated alkanes) is 33. The van der Waals surface area contributed by atoms with E-state index >= 15 is 0 Å². The largest absolute Gasteiger partial charge is 0.462 e. The number of ether oxygens (including phenoxy) is 3. The molecule has 71 heavy (non-hydrogen) atoms. The van der Waals surface area contributed by atoms with Crippen LogP contribution in [0.3, 0.4) is 0 Å². The molecule has 0 rings (SSSR count). The molecule has 0 amide bonds. The summed E-state index contributed by atoms with van der Waals surface area (Å²) in [6.07, 6.45) is 77.1. The maximum absolute atomic E-state index is 12.9. The molecule has 0 aliphatic rings. The Labute approximate surface area is 439 Å². The van der Waals surface area contributed by atoms with Crippen LogP contribution in [0, 0.1) is 0 Å². The fraction of sp³-hybridized carbons (Fsp3) is 0.738. The van der Waals surface area contributed by atoms with Crippen LogP contribution in [0.25, 0.3) is 0 Å². The fourth-order valence-corrected chi connectivity index (χ4v) is 8.38. The topological polar surface area (TPSA) is 78.9 Å². The summed E-state index contributed by atoms with van der Waals surface area (Å²) in [7, 11) is 0. The zero-order chi connectivity index (χ0) is 51.4. The van der Waals surface area contributed by atoms with Crippen LogP contribution >= 0.6 is 0 Å². The van der Waals surface area contributed by atoms with Crippen molar-refractivity contribution in [2.45, 2.75) is 297 Å². The molecule has 0 N–H and O–H groups in total. The van der Waals surface area contributed by atoms with Gasteiger partial charge in [0, 0.05) is 19.3 Å². The molecule has 0 aliphatic heterocycles. The molecule has 0 spiro atoms. The lowest BCUT2D eigenvalue weighted by atomic mass is 10.1. The highest BCUT2D eigenvalue weighted by molar-refractivity contribution is 5.71. The Hall–Kier alpha value is -3.41. The maximum atomic E-state index is 12.9. The molecule has 408 valence electrons. The summed E-state index contributed by atoms with van der Waals surface area (Å²) in [5.41, 5.74) is 0. The van der Waals surface area contributed by atoms with Gasteiger partial charge in [-0.25, -0.2) is 0 Å². The van der Waals surface area contributed by atoms with Crippen LogP contribution in [-0.4, -0.2) is 37.2 Å². The van der Waals surface area contributed by atoms with E-state index in [1.165, 1.54) is 161 Å². The van der Waals surface area contributed by atoms with Crippen LogP contribution in [0.2, 0.25) is 0 Å². The minimum atomic E-state index is -0.795. The molecule has 0 saturated carbocycles. The average molecular weight is 990 g/mol. The van der Waals surface area contributed by atoms with Gasteiger partial charge in [0.25, 0.3) is 0 Å². The van der Waals surface area contributed by atoms with Gasteiger partial charge in [0.15, 0.2) is 6.10 Å². The summed E-state index contributed by atoms with van der Waals surface area (Å²) in [6, 6.07) is 0. The van der Waals surface area contributed by atoms with Crippen LogP contribution in [0.1, 0.15) is 290 Å². The van der Waals surface area contributed by atoms with Crippen molar-refractivity contribution >= 4 is 17.9 Å². The van der Waals surface area contributed by atoms with E-state index in [9.17, 15) is 14.4 Å². The molecule has 0 bridgehead atoms. The first-order chi connectivity index (χ1) is 35.0. The first-order valence-electron chi connectivity index (χ1n) is 30.2. The number of hydrogen-bond acceptors (Lipinski definition) is 6. The van der Waals surface area contributed by atoms with E-state index in [2.05, 4.69) is 106 Å². The van der Waals surface area contributed by atoms with E-state index < -0.39 is 6.10 Å². The van der Waals surface area contributed by atoms with Gasteiger partial charge in [0.05, 0.1) is 0 Å². The summed E-state index contributed by atoms with van der Waals surface area (Å²) in [5, 5.41) is 0. The molecule has 0 aromatic carbocycles. The molecule has 6 nitrogen and oxygen atoms in total. The minimum Gasteiger partial charge on any atom is -0.462 e. The Morgan fingerprint density at radius 2 is 0.521 bits per heavy atom. The predicted molar refractivity (Wildman–Crippen MR) is 307 cm³/mol. The summed E-state index contributed by atoms with van der Waals surface area (Å²) in [4.78, 5) is 38.2. The molecule has 0 heterocycles. The van der Waals surface area contributed by atoms with Crippen molar-refractivity contribution < 1.29 is 28.6 Å². The van der Waals surface area contributed by atoms with Crippen LogP contribution in [0.4, 0.5) is 0 Å². The summed E-state index contributed by atoms with van der Waals surface area (Å²) in [6.45, 7) is 6.56. The second kappa shape index (κ2) is 59.2. The molecule has 0 fully saturated rings. The third kappa shape index (κ3) is 57.4. The number of esters is 3. The van der Waals surface area contributed by atoms with Gasteiger partial charge in [0.1, 0.15) is 13.2 Å². The lowest BCUT2D eigenvalue weighted by Gasteiger charge is -2.18. The van der Waals surface area contributed by atoms with Gasteiger partial charge in [-0.1, -0.05) is 260 Å². The molecule has 1 unspecified atom stereocenters. The van der Waals surface area contributed by atoms with Gasteiger partial charge in [0.2, 0.25) is 0 Å². The normalized spacial score (nSPS) is 12.7. The van der Waals surface area contributed by atoms with Gasteiger partial charge < -0.3 is 14.2 Å². The Bertz CT molecular complexity index is 1370. The SMILES string of the molecule is CCCCC\C=C/C=C\C=C/C=C\CCCCCCCC(=O)OC(COC(=O)CCCCCCC/C=C\CCCCCCCCC)COC(=O)CCCCCCCCCCCC/C=C\C=C/CCCCC. The molecular weight excluding hydrogens is 877 g/mol. The van der Waals surface area contributed by atoms with E-state index in [0.717, 1.165) is 89.9 Å². The number of carbonyl (C=O) groups excluding carboxylic acids is 3.